The molecule has 2 aromatic carbocycles. The number of hydrogen-bond acceptors (Lipinski definition) is 5. The molecular formula is C29H35N3O3. The minimum atomic E-state index is -0.302. The molecule has 184 valence electrons. The first-order valence-electron chi connectivity index (χ1n) is 12.3. The number of ether oxygens (including phenoxy) is 1. The molecule has 0 saturated carbocycles. The van der Waals surface area contributed by atoms with Crippen LogP contribution >= 0.6 is 0 Å². The maximum atomic E-state index is 13.9. The van der Waals surface area contributed by atoms with Gasteiger partial charge in [0.15, 0.2) is 0 Å². The summed E-state index contributed by atoms with van der Waals surface area (Å²) in [7, 11) is 2.09. The topological polar surface area (TPSA) is 65.9 Å². The number of fused-ring (bicyclic) bond motifs is 3. The summed E-state index contributed by atoms with van der Waals surface area (Å²) in [6.07, 6.45) is 3.52. The van der Waals surface area contributed by atoms with E-state index >= 15 is 0 Å². The van der Waals surface area contributed by atoms with Gasteiger partial charge in [-0.15, -0.1) is 0 Å². The summed E-state index contributed by atoms with van der Waals surface area (Å²) in [5.74, 6) is -0.000132. The van der Waals surface area contributed by atoms with Gasteiger partial charge in [-0.25, -0.2) is 0 Å². The summed E-state index contributed by atoms with van der Waals surface area (Å²) in [6.45, 7) is 6.40. The first kappa shape index (κ1) is 25.0. The first-order valence-corrected chi connectivity index (χ1v) is 12.3. The van der Waals surface area contributed by atoms with Crippen molar-refractivity contribution in [3.05, 3.63) is 89.7 Å². The number of aliphatic hydroxyl groups is 1. The van der Waals surface area contributed by atoms with Crippen LogP contribution in [0, 0.1) is 5.92 Å². The molecule has 6 nitrogen and oxygen atoms in total. The van der Waals surface area contributed by atoms with Gasteiger partial charge in [-0.2, -0.15) is 0 Å². The normalized spacial score (nSPS) is 19.6. The fourth-order valence-electron chi connectivity index (χ4n) is 4.72. The summed E-state index contributed by atoms with van der Waals surface area (Å²) in [4.78, 5) is 22.0. The van der Waals surface area contributed by atoms with E-state index in [1.807, 2.05) is 67.8 Å². The maximum Gasteiger partial charge on any atom is 0.254 e. The summed E-state index contributed by atoms with van der Waals surface area (Å²) >= 11 is 0. The molecule has 3 aromatic rings. The molecule has 0 aliphatic carbocycles. The number of rotatable bonds is 6. The van der Waals surface area contributed by atoms with Gasteiger partial charge < -0.3 is 14.7 Å². The van der Waals surface area contributed by atoms with E-state index in [1.165, 1.54) is 5.56 Å². The zero-order chi connectivity index (χ0) is 24.8. The Morgan fingerprint density at radius 2 is 1.71 bits per heavy atom. The number of nitrogens with zero attached hydrogens (tertiary/aromatic N) is 3. The highest BCUT2D eigenvalue weighted by Gasteiger charge is 2.30. The molecule has 1 aliphatic rings. The Morgan fingerprint density at radius 1 is 1.06 bits per heavy atom. The number of likely N-dealkylation sites (N-methyl/N-ethyl adjacent to an activating group) is 1. The van der Waals surface area contributed by atoms with E-state index < -0.39 is 0 Å². The lowest BCUT2D eigenvalue weighted by molar-refractivity contribution is -0.0241. The highest BCUT2D eigenvalue weighted by molar-refractivity contribution is 6.01. The number of amides is 1. The quantitative estimate of drug-likeness (QED) is 0.580. The lowest BCUT2D eigenvalue weighted by Crippen LogP contribution is -2.47. The number of carbonyl (C=O) groups is 1. The van der Waals surface area contributed by atoms with Crippen molar-refractivity contribution < 1.29 is 14.6 Å². The Morgan fingerprint density at radius 3 is 2.43 bits per heavy atom. The molecule has 3 atom stereocenters. The molecule has 6 heteroatoms. The Kier molecular flexibility index (Phi) is 8.29. The van der Waals surface area contributed by atoms with Crippen LogP contribution in [0.1, 0.15) is 35.3 Å². The van der Waals surface area contributed by atoms with Crippen LogP contribution in [0.15, 0.2) is 73.1 Å². The van der Waals surface area contributed by atoms with Gasteiger partial charge in [-0.05, 0) is 54.4 Å². The van der Waals surface area contributed by atoms with Gasteiger partial charge in [0.05, 0.1) is 25.4 Å². The standard InChI is InChI=1S/C29H35N3O3/c1-21-16-32(22(2)19-33)29(34)27-11-7-6-10-26(27)25-9-5-4-8-24(25)20-35-28(21)18-31(3)17-23-12-14-30-15-13-23/h4-15,21-22,28,33H,16-20H2,1-3H3/t21-,22+,28+/m1/s1. The number of carbonyl (C=O) groups excluding carboxylic acids is 1. The van der Waals surface area contributed by atoms with E-state index in [0.29, 0.717) is 25.3 Å². The Balaban J connectivity index is 1.68. The summed E-state index contributed by atoms with van der Waals surface area (Å²) in [5.41, 5.74) is 4.81. The Labute approximate surface area is 208 Å². The van der Waals surface area contributed by atoms with Gasteiger partial charge in [-0.1, -0.05) is 49.4 Å². The average Bonchev–Trinajstić information content (AvgIpc) is 2.90. The second-order valence-electron chi connectivity index (χ2n) is 9.57. The summed E-state index contributed by atoms with van der Waals surface area (Å²) in [6, 6.07) is 19.6. The van der Waals surface area contributed by atoms with Crippen LogP contribution in [0.5, 0.6) is 0 Å². The van der Waals surface area contributed by atoms with Crippen LogP contribution in [0.2, 0.25) is 0 Å². The Hall–Kier alpha value is -3.06. The third-order valence-corrected chi connectivity index (χ3v) is 6.79. The van der Waals surface area contributed by atoms with E-state index in [-0.39, 0.29) is 30.6 Å². The molecule has 1 amide bonds. The SMILES string of the molecule is C[C@@H]1CN([C@@H](C)CO)C(=O)c2ccccc2-c2ccccc2CO[C@H]1CN(C)Cc1ccncc1. The predicted octanol–water partition coefficient (Wildman–Crippen LogP) is 4.24. The zero-order valence-corrected chi connectivity index (χ0v) is 20.8. The monoisotopic (exact) mass is 473 g/mol. The average molecular weight is 474 g/mol. The lowest BCUT2D eigenvalue weighted by Gasteiger charge is -2.35. The summed E-state index contributed by atoms with van der Waals surface area (Å²) in [5, 5.41) is 9.98. The van der Waals surface area contributed by atoms with Crippen molar-refractivity contribution in [3.63, 3.8) is 0 Å². The minimum Gasteiger partial charge on any atom is -0.394 e. The van der Waals surface area contributed by atoms with E-state index in [4.69, 9.17) is 4.74 Å². The number of aliphatic hydroxyl groups excluding tert-OH is 1. The van der Waals surface area contributed by atoms with Gasteiger partial charge in [0.2, 0.25) is 0 Å². The van der Waals surface area contributed by atoms with Gasteiger partial charge >= 0.3 is 0 Å². The Bertz CT molecular complexity index is 1120. The largest absolute Gasteiger partial charge is 0.394 e. The number of aromatic nitrogens is 1. The van der Waals surface area contributed by atoms with Crippen LogP contribution in [-0.2, 0) is 17.9 Å². The van der Waals surface area contributed by atoms with Gasteiger partial charge in [0.1, 0.15) is 0 Å². The van der Waals surface area contributed by atoms with Crippen LogP contribution in [0.25, 0.3) is 11.1 Å². The van der Waals surface area contributed by atoms with E-state index in [9.17, 15) is 9.90 Å². The van der Waals surface area contributed by atoms with E-state index in [2.05, 4.69) is 36.0 Å². The first-order chi connectivity index (χ1) is 17.0. The number of hydrogen-bond donors (Lipinski definition) is 1. The number of benzene rings is 2. The zero-order valence-electron chi connectivity index (χ0n) is 20.8. The lowest BCUT2D eigenvalue weighted by atomic mass is 9.94. The third-order valence-electron chi connectivity index (χ3n) is 6.79. The van der Waals surface area contributed by atoms with E-state index in [1.54, 1.807) is 4.90 Å². The molecule has 0 fully saturated rings. The molecule has 4 rings (SSSR count). The highest BCUT2D eigenvalue weighted by atomic mass is 16.5. The van der Waals surface area contributed by atoms with E-state index in [0.717, 1.165) is 23.2 Å². The molecule has 0 spiro atoms. The minimum absolute atomic E-state index is 0.0604. The molecule has 1 aliphatic heterocycles. The van der Waals surface area contributed by atoms with Crippen molar-refractivity contribution in [2.24, 2.45) is 5.92 Å². The van der Waals surface area contributed by atoms with Crippen molar-refractivity contribution >= 4 is 5.91 Å². The molecule has 0 unspecified atom stereocenters. The van der Waals surface area contributed by atoms with Crippen molar-refractivity contribution in [2.75, 3.05) is 26.7 Å². The summed E-state index contributed by atoms with van der Waals surface area (Å²) < 4.78 is 6.58. The molecule has 2 heterocycles. The molecule has 1 aromatic heterocycles. The van der Waals surface area contributed by atoms with Gasteiger partial charge in [-0.3, -0.25) is 14.7 Å². The van der Waals surface area contributed by atoms with Crippen LogP contribution < -0.4 is 0 Å². The van der Waals surface area contributed by atoms with Gasteiger partial charge in [0, 0.05) is 43.5 Å². The second kappa shape index (κ2) is 11.6. The van der Waals surface area contributed by atoms with Crippen molar-refractivity contribution in [2.45, 2.75) is 39.1 Å². The van der Waals surface area contributed by atoms with Crippen molar-refractivity contribution in [1.29, 1.82) is 0 Å². The maximum absolute atomic E-state index is 13.9. The molecule has 0 bridgehead atoms. The smallest absolute Gasteiger partial charge is 0.254 e. The van der Waals surface area contributed by atoms with Gasteiger partial charge in [0.25, 0.3) is 5.91 Å². The predicted molar refractivity (Wildman–Crippen MR) is 138 cm³/mol. The highest BCUT2D eigenvalue weighted by Crippen LogP contribution is 2.31. The number of pyridine rings is 1. The molecule has 0 radical (unpaired) electrons. The van der Waals surface area contributed by atoms with Crippen molar-refractivity contribution in [3.8, 4) is 11.1 Å². The fourth-order valence-corrected chi connectivity index (χ4v) is 4.72. The fraction of sp³-hybridized carbons (Fsp3) is 0.379. The van der Waals surface area contributed by atoms with Crippen LogP contribution in [0.3, 0.4) is 0 Å². The molecule has 0 saturated heterocycles. The van der Waals surface area contributed by atoms with Crippen LogP contribution in [0.4, 0.5) is 0 Å². The van der Waals surface area contributed by atoms with Crippen molar-refractivity contribution in [1.82, 2.24) is 14.8 Å². The molecular weight excluding hydrogens is 438 g/mol. The third kappa shape index (κ3) is 5.96. The molecule has 35 heavy (non-hydrogen) atoms. The van der Waals surface area contributed by atoms with Crippen LogP contribution in [-0.4, -0.2) is 64.7 Å². The molecule has 1 N–H and O–H groups in total. The second-order valence-corrected chi connectivity index (χ2v) is 9.57.